The zero-order valence-corrected chi connectivity index (χ0v) is 21.1. The van der Waals surface area contributed by atoms with Crippen molar-refractivity contribution in [3.05, 3.63) is 108 Å². The highest BCUT2D eigenvalue weighted by Gasteiger charge is 2.20. The largest absolute Gasteiger partial charge is 0.493 e. The second kappa shape index (κ2) is 10.6. The molecule has 5 aromatic rings. The molecule has 0 fully saturated rings. The van der Waals surface area contributed by atoms with Gasteiger partial charge >= 0.3 is 0 Å². The normalized spacial score (nSPS) is 10.7. The van der Waals surface area contributed by atoms with Crippen LogP contribution in [0.5, 0.6) is 17.2 Å². The number of nitrogens with zero attached hydrogens (tertiary/aromatic N) is 1. The molecule has 5 rings (SSSR count). The Bertz CT molecular complexity index is 1550. The van der Waals surface area contributed by atoms with Crippen LogP contribution in [0.25, 0.3) is 33.9 Å². The summed E-state index contributed by atoms with van der Waals surface area (Å²) in [6.45, 7) is 0. The fourth-order valence-electron chi connectivity index (χ4n) is 4.30. The van der Waals surface area contributed by atoms with Crippen LogP contribution in [0.4, 0.5) is 4.39 Å². The monoisotopic (exact) mass is 508 g/mol. The van der Waals surface area contributed by atoms with Crippen LogP contribution in [0.3, 0.4) is 0 Å². The van der Waals surface area contributed by atoms with Gasteiger partial charge in [0.15, 0.2) is 17.3 Å². The van der Waals surface area contributed by atoms with E-state index in [4.69, 9.17) is 19.2 Å². The third kappa shape index (κ3) is 4.74. The number of rotatable bonds is 8. The lowest BCUT2D eigenvalue weighted by molar-refractivity contribution is 0.103. The van der Waals surface area contributed by atoms with Crippen LogP contribution in [0.15, 0.2) is 91.0 Å². The van der Waals surface area contributed by atoms with Gasteiger partial charge in [-0.2, -0.15) is 0 Å². The minimum Gasteiger partial charge on any atom is -0.493 e. The molecule has 0 aliphatic rings. The van der Waals surface area contributed by atoms with Crippen molar-refractivity contribution in [2.75, 3.05) is 21.3 Å². The Labute approximate surface area is 219 Å². The smallest absolute Gasteiger partial charge is 0.203 e. The van der Waals surface area contributed by atoms with Gasteiger partial charge in [0.2, 0.25) is 5.75 Å². The molecule has 7 heteroatoms. The number of aromatic nitrogens is 2. The first kappa shape index (κ1) is 24.8. The molecule has 6 nitrogen and oxygen atoms in total. The van der Waals surface area contributed by atoms with Gasteiger partial charge in [0, 0.05) is 27.8 Å². The van der Waals surface area contributed by atoms with Crippen LogP contribution < -0.4 is 14.2 Å². The van der Waals surface area contributed by atoms with Crippen molar-refractivity contribution in [3.8, 4) is 51.2 Å². The predicted octanol–water partition coefficient (Wildman–Crippen LogP) is 6.81. The molecule has 0 amide bonds. The highest BCUT2D eigenvalue weighted by Crippen LogP contribution is 2.42. The van der Waals surface area contributed by atoms with Crippen molar-refractivity contribution < 1.29 is 23.4 Å². The molecule has 0 aliphatic carbocycles. The molecule has 38 heavy (non-hydrogen) atoms. The predicted molar refractivity (Wildman–Crippen MR) is 144 cm³/mol. The molecule has 0 unspecified atom stereocenters. The van der Waals surface area contributed by atoms with Crippen LogP contribution in [0.2, 0.25) is 0 Å². The van der Waals surface area contributed by atoms with Crippen molar-refractivity contribution in [1.29, 1.82) is 0 Å². The minimum atomic E-state index is -0.382. The molecule has 4 aromatic carbocycles. The molecule has 1 N–H and O–H groups in total. The van der Waals surface area contributed by atoms with Crippen LogP contribution in [-0.2, 0) is 0 Å². The van der Waals surface area contributed by atoms with Gasteiger partial charge in [0.25, 0.3) is 0 Å². The molecule has 0 saturated heterocycles. The zero-order chi connectivity index (χ0) is 26.6. The number of hydrogen-bond acceptors (Lipinski definition) is 5. The zero-order valence-electron chi connectivity index (χ0n) is 21.1. The number of H-pyrrole nitrogens is 1. The number of nitrogens with one attached hydrogen (secondary N) is 1. The Morgan fingerprint density at radius 3 is 1.84 bits per heavy atom. The number of benzene rings is 4. The molecule has 0 aliphatic heterocycles. The van der Waals surface area contributed by atoms with Crippen molar-refractivity contribution >= 4 is 5.78 Å². The maximum absolute atomic E-state index is 13.3. The Morgan fingerprint density at radius 1 is 0.711 bits per heavy atom. The van der Waals surface area contributed by atoms with E-state index in [0.717, 1.165) is 28.1 Å². The Hall–Kier alpha value is -4.91. The molecular formula is C31H25FN2O4. The van der Waals surface area contributed by atoms with Gasteiger partial charge in [-0.25, -0.2) is 9.37 Å². The molecule has 0 radical (unpaired) electrons. The molecule has 1 aromatic heterocycles. The van der Waals surface area contributed by atoms with E-state index >= 15 is 0 Å². The summed E-state index contributed by atoms with van der Waals surface area (Å²) in [7, 11) is 4.70. The number of hydrogen-bond donors (Lipinski definition) is 1. The quantitative estimate of drug-likeness (QED) is 0.233. The molecule has 1 heterocycles. The van der Waals surface area contributed by atoms with Crippen molar-refractivity contribution in [3.63, 3.8) is 0 Å². The maximum Gasteiger partial charge on any atom is 0.203 e. The Morgan fingerprint density at radius 2 is 1.29 bits per heavy atom. The second-order valence-corrected chi connectivity index (χ2v) is 8.50. The first-order chi connectivity index (χ1) is 18.5. The van der Waals surface area contributed by atoms with Crippen LogP contribution in [0.1, 0.15) is 15.9 Å². The van der Waals surface area contributed by atoms with Gasteiger partial charge < -0.3 is 19.2 Å². The molecule has 0 atom stereocenters. The fourth-order valence-corrected chi connectivity index (χ4v) is 4.30. The third-order valence-corrected chi connectivity index (χ3v) is 6.23. The summed E-state index contributed by atoms with van der Waals surface area (Å²) in [4.78, 5) is 21.3. The summed E-state index contributed by atoms with van der Waals surface area (Å²) in [6.07, 6.45) is 0. The molecule has 0 bridgehead atoms. The summed E-state index contributed by atoms with van der Waals surface area (Å²) in [5.74, 6) is 1.59. The minimum absolute atomic E-state index is 0.178. The molecular weight excluding hydrogens is 483 g/mol. The number of ether oxygens (including phenoxy) is 3. The average molecular weight is 509 g/mol. The topological polar surface area (TPSA) is 73.4 Å². The number of ketones is 1. The first-order valence-electron chi connectivity index (χ1n) is 11.9. The van der Waals surface area contributed by atoms with Crippen LogP contribution >= 0.6 is 0 Å². The van der Waals surface area contributed by atoms with E-state index in [1.807, 2.05) is 54.6 Å². The highest BCUT2D eigenvalue weighted by molar-refractivity contribution is 6.09. The van der Waals surface area contributed by atoms with E-state index in [1.165, 1.54) is 24.3 Å². The summed E-state index contributed by atoms with van der Waals surface area (Å²) < 4.78 is 29.8. The lowest BCUT2D eigenvalue weighted by atomic mass is 10.00. The lowest BCUT2D eigenvalue weighted by Gasteiger charge is -2.13. The Kier molecular flexibility index (Phi) is 6.91. The standard InChI is InChI=1S/C31H25FN2O4/c1-36-25-17-23(18-26(37-2)30(25)38-3)31-33-27(19-7-5-4-6-8-19)28(34-31)20-9-11-21(12-10-20)29(35)22-13-15-24(32)16-14-22/h4-18H,1-3H3,(H,33,34). The van der Waals surface area contributed by atoms with Gasteiger partial charge in [-0.1, -0.05) is 54.6 Å². The fraction of sp³-hybridized carbons (Fsp3) is 0.0968. The summed E-state index contributed by atoms with van der Waals surface area (Å²) >= 11 is 0. The summed E-state index contributed by atoms with van der Waals surface area (Å²) in [5, 5.41) is 0. The maximum atomic E-state index is 13.3. The number of carbonyl (C=O) groups excluding carboxylic acids is 1. The van der Waals surface area contributed by atoms with Gasteiger partial charge in [0.1, 0.15) is 11.6 Å². The SMILES string of the molecule is COc1cc(-c2nc(-c3ccccc3)c(-c3ccc(C(=O)c4ccc(F)cc4)cc3)[nH]2)cc(OC)c1OC. The number of aromatic amines is 1. The van der Waals surface area contributed by atoms with Gasteiger partial charge in [-0.05, 0) is 36.4 Å². The molecule has 0 spiro atoms. The average Bonchev–Trinajstić information content (AvgIpc) is 3.42. The lowest BCUT2D eigenvalue weighted by Crippen LogP contribution is -2.01. The van der Waals surface area contributed by atoms with Crippen molar-refractivity contribution in [1.82, 2.24) is 9.97 Å². The van der Waals surface area contributed by atoms with E-state index in [1.54, 1.807) is 33.5 Å². The van der Waals surface area contributed by atoms with E-state index < -0.39 is 0 Å². The summed E-state index contributed by atoms with van der Waals surface area (Å²) in [5.41, 5.74) is 5.02. The highest BCUT2D eigenvalue weighted by atomic mass is 19.1. The van der Waals surface area contributed by atoms with Crippen molar-refractivity contribution in [2.45, 2.75) is 0 Å². The van der Waals surface area contributed by atoms with E-state index in [-0.39, 0.29) is 11.6 Å². The second-order valence-electron chi connectivity index (χ2n) is 8.50. The number of imidazole rings is 1. The molecule has 190 valence electrons. The van der Waals surface area contributed by atoms with E-state index in [0.29, 0.717) is 34.2 Å². The van der Waals surface area contributed by atoms with Crippen LogP contribution in [0, 0.1) is 5.82 Å². The van der Waals surface area contributed by atoms with E-state index in [9.17, 15) is 9.18 Å². The van der Waals surface area contributed by atoms with Crippen molar-refractivity contribution in [2.24, 2.45) is 0 Å². The summed E-state index contributed by atoms with van der Waals surface area (Å²) in [6, 6.07) is 26.3. The van der Waals surface area contributed by atoms with Crippen LogP contribution in [-0.4, -0.2) is 37.1 Å². The first-order valence-corrected chi connectivity index (χ1v) is 11.9. The van der Waals surface area contributed by atoms with Gasteiger partial charge in [0.05, 0.1) is 32.7 Å². The third-order valence-electron chi connectivity index (χ3n) is 6.23. The number of carbonyl (C=O) groups is 1. The van der Waals surface area contributed by atoms with E-state index in [2.05, 4.69) is 4.98 Å². The number of halogens is 1. The van der Waals surface area contributed by atoms with Gasteiger partial charge in [-0.15, -0.1) is 0 Å². The number of methoxy groups -OCH3 is 3. The van der Waals surface area contributed by atoms with Gasteiger partial charge in [-0.3, -0.25) is 4.79 Å². The Balaban J connectivity index is 1.58. The molecule has 0 saturated carbocycles.